The van der Waals surface area contributed by atoms with Crippen LogP contribution < -0.4 is 11.1 Å². The molecule has 2 rings (SSSR count). The van der Waals surface area contributed by atoms with Crippen molar-refractivity contribution in [3.05, 3.63) is 46.3 Å². The maximum atomic E-state index is 11.9. The number of aromatic nitrogens is 2. The number of anilines is 2. The standard InChI is InChI=1S/C11H8Cl2N4O/c12-6-1-2-7(8(14)3-6)11(18)17-10-4-9(13)15-5-16-10/h1-5H,14H2,(H,15,16,17,18). The Balaban J connectivity index is 2.22. The monoisotopic (exact) mass is 282 g/mol. The predicted molar refractivity (Wildman–Crippen MR) is 70.9 cm³/mol. The highest BCUT2D eigenvalue weighted by molar-refractivity contribution is 6.31. The lowest BCUT2D eigenvalue weighted by Gasteiger charge is -2.07. The highest BCUT2D eigenvalue weighted by Crippen LogP contribution is 2.19. The van der Waals surface area contributed by atoms with Crippen LogP contribution in [0.25, 0.3) is 0 Å². The predicted octanol–water partition coefficient (Wildman–Crippen LogP) is 2.62. The quantitative estimate of drug-likeness (QED) is 0.655. The Bertz CT molecular complexity index is 603. The van der Waals surface area contributed by atoms with E-state index in [0.717, 1.165) is 0 Å². The summed E-state index contributed by atoms with van der Waals surface area (Å²) in [6.07, 6.45) is 1.25. The summed E-state index contributed by atoms with van der Waals surface area (Å²) in [5.41, 5.74) is 6.31. The van der Waals surface area contributed by atoms with Crippen molar-refractivity contribution < 1.29 is 4.79 Å². The second-order valence-corrected chi connectivity index (χ2v) is 4.24. The van der Waals surface area contributed by atoms with Crippen LogP contribution in [0.2, 0.25) is 10.2 Å². The topological polar surface area (TPSA) is 80.9 Å². The average molecular weight is 283 g/mol. The molecule has 18 heavy (non-hydrogen) atoms. The first-order valence-corrected chi connectivity index (χ1v) is 5.66. The zero-order valence-corrected chi connectivity index (χ0v) is 10.5. The summed E-state index contributed by atoms with van der Waals surface area (Å²) in [5, 5.41) is 3.27. The molecule has 0 bridgehead atoms. The van der Waals surface area contributed by atoms with Crippen LogP contribution in [0.15, 0.2) is 30.6 Å². The van der Waals surface area contributed by atoms with Gasteiger partial charge >= 0.3 is 0 Å². The van der Waals surface area contributed by atoms with Crippen LogP contribution in [0.5, 0.6) is 0 Å². The Morgan fingerprint density at radius 2 is 2.00 bits per heavy atom. The molecule has 0 fully saturated rings. The summed E-state index contributed by atoms with van der Waals surface area (Å²) < 4.78 is 0. The van der Waals surface area contributed by atoms with Crippen LogP contribution in [-0.2, 0) is 0 Å². The zero-order valence-electron chi connectivity index (χ0n) is 9.02. The Hall–Kier alpha value is -1.85. The molecule has 1 heterocycles. The van der Waals surface area contributed by atoms with E-state index in [1.165, 1.54) is 24.5 Å². The molecule has 5 nitrogen and oxygen atoms in total. The number of amides is 1. The minimum absolute atomic E-state index is 0.240. The van der Waals surface area contributed by atoms with Gasteiger partial charge in [-0.05, 0) is 18.2 Å². The molecule has 1 amide bonds. The van der Waals surface area contributed by atoms with E-state index in [0.29, 0.717) is 22.1 Å². The molecular weight excluding hydrogens is 275 g/mol. The Morgan fingerprint density at radius 3 is 2.67 bits per heavy atom. The van der Waals surface area contributed by atoms with Crippen molar-refractivity contribution in [2.75, 3.05) is 11.1 Å². The molecule has 0 saturated heterocycles. The minimum atomic E-state index is -0.390. The molecule has 0 aliphatic rings. The smallest absolute Gasteiger partial charge is 0.258 e. The summed E-state index contributed by atoms with van der Waals surface area (Å²) in [4.78, 5) is 19.5. The Kier molecular flexibility index (Phi) is 3.64. The number of nitrogens with one attached hydrogen (secondary N) is 1. The van der Waals surface area contributed by atoms with Crippen LogP contribution in [-0.4, -0.2) is 15.9 Å². The van der Waals surface area contributed by atoms with Crippen LogP contribution in [0.1, 0.15) is 10.4 Å². The van der Waals surface area contributed by atoms with E-state index in [9.17, 15) is 4.79 Å². The van der Waals surface area contributed by atoms with E-state index in [1.807, 2.05) is 0 Å². The number of nitrogens with two attached hydrogens (primary N) is 1. The zero-order chi connectivity index (χ0) is 13.1. The van der Waals surface area contributed by atoms with Gasteiger partial charge < -0.3 is 11.1 Å². The van der Waals surface area contributed by atoms with Gasteiger partial charge in [-0.2, -0.15) is 0 Å². The number of carbonyl (C=O) groups excluding carboxylic acids is 1. The van der Waals surface area contributed by atoms with Gasteiger partial charge in [0.05, 0.1) is 5.56 Å². The van der Waals surface area contributed by atoms with Gasteiger partial charge in [-0.1, -0.05) is 23.2 Å². The fraction of sp³-hybridized carbons (Fsp3) is 0. The van der Waals surface area contributed by atoms with Crippen molar-refractivity contribution in [1.82, 2.24) is 9.97 Å². The maximum absolute atomic E-state index is 11.9. The number of nitrogen functional groups attached to an aromatic ring is 1. The summed E-state index contributed by atoms with van der Waals surface area (Å²) in [6.45, 7) is 0. The van der Waals surface area contributed by atoms with Crippen molar-refractivity contribution in [3.63, 3.8) is 0 Å². The lowest BCUT2D eigenvalue weighted by Crippen LogP contribution is -2.14. The fourth-order valence-corrected chi connectivity index (χ4v) is 1.65. The van der Waals surface area contributed by atoms with Crippen molar-refractivity contribution >= 4 is 40.6 Å². The van der Waals surface area contributed by atoms with Gasteiger partial charge in [0.25, 0.3) is 5.91 Å². The third-order valence-corrected chi connectivity index (χ3v) is 2.58. The first kappa shape index (κ1) is 12.6. The van der Waals surface area contributed by atoms with Gasteiger partial charge in [0, 0.05) is 16.8 Å². The molecule has 0 radical (unpaired) electrons. The maximum Gasteiger partial charge on any atom is 0.258 e. The van der Waals surface area contributed by atoms with Gasteiger partial charge in [-0.3, -0.25) is 4.79 Å². The largest absolute Gasteiger partial charge is 0.398 e. The van der Waals surface area contributed by atoms with Crippen molar-refractivity contribution in [2.24, 2.45) is 0 Å². The van der Waals surface area contributed by atoms with E-state index in [4.69, 9.17) is 28.9 Å². The van der Waals surface area contributed by atoms with Gasteiger partial charge in [0.2, 0.25) is 0 Å². The molecule has 0 aliphatic heterocycles. The molecule has 0 aliphatic carbocycles. The number of hydrogen-bond donors (Lipinski definition) is 2. The SMILES string of the molecule is Nc1cc(Cl)ccc1C(=O)Nc1cc(Cl)ncn1. The number of hydrogen-bond acceptors (Lipinski definition) is 4. The molecule has 0 atom stereocenters. The first-order chi connectivity index (χ1) is 8.56. The van der Waals surface area contributed by atoms with Crippen LogP contribution in [0.4, 0.5) is 11.5 Å². The number of rotatable bonds is 2. The van der Waals surface area contributed by atoms with Crippen LogP contribution in [0, 0.1) is 0 Å². The second kappa shape index (κ2) is 5.20. The molecule has 0 spiro atoms. The van der Waals surface area contributed by atoms with Gasteiger partial charge in [-0.15, -0.1) is 0 Å². The Labute approximate surface area is 113 Å². The summed E-state index contributed by atoms with van der Waals surface area (Å²) in [6, 6.07) is 6.06. The molecule has 0 unspecified atom stereocenters. The van der Waals surface area contributed by atoms with Gasteiger partial charge in [0.1, 0.15) is 17.3 Å². The minimum Gasteiger partial charge on any atom is -0.398 e. The molecule has 92 valence electrons. The molecule has 1 aromatic carbocycles. The molecule has 3 N–H and O–H groups in total. The molecule has 0 saturated carbocycles. The second-order valence-electron chi connectivity index (χ2n) is 3.41. The van der Waals surface area contributed by atoms with Gasteiger partial charge in [0.15, 0.2) is 0 Å². The van der Waals surface area contributed by atoms with E-state index in [1.54, 1.807) is 6.07 Å². The number of benzene rings is 1. The lowest BCUT2D eigenvalue weighted by atomic mass is 10.1. The van der Waals surface area contributed by atoms with Crippen LogP contribution >= 0.6 is 23.2 Å². The normalized spacial score (nSPS) is 10.1. The van der Waals surface area contributed by atoms with Crippen molar-refractivity contribution in [2.45, 2.75) is 0 Å². The highest BCUT2D eigenvalue weighted by Gasteiger charge is 2.11. The molecule has 7 heteroatoms. The third kappa shape index (κ3) is 2.88. The lowest BCUT2D eigenvalue weighted by molar-refractivity contribution is 0.102. The summed E-state index contributed by atoms with van der Waals surface area (Å²) in [5.74, 6) is -0.0896. The molecule has 1 aromatic heterocycles. The summed E-state index contributed by atoms with van der Waals surface area (Å²) >= 11 is 11.4. The van der Waals surface area contributed by atoms with Crippen molar-refractivity contribution in [3.8, 4) is 0 Å². The Morgan fingerprint density at radius 1 is 1.22 bits per heavy atom. The molecular formula is C11H8Cl2N4O. The fourth-order valence-electron chi connectivity index (χ4n) is 1.33. The van der Waals surface area contributed by atoms with E-state index in [-0.39, 0.29) is 11.1 Å². The summed E-state index contributed by atoms with van der Waals surface area (Å²) in [7, 11) is 0. The molecule has 2 aromatic rings. The third-order valence-electron chi connectivity index (χ3n) is 2.13. The van der Waals surface area contributed by atoms with Crippen molar-refractivity contribution in [1.29, 1.82) is 0 Å². The van der Waals surface area contributed by atoms with E-state index >= 15 is 0 Å². The number of carbonyl (C=O) groups is 1. The van der Waals surface area contributed by atoms with E-state index in [2.05, 4.69) is 15.3 Å². The highest BCUT2D eigenvalue weighted by atomic mass is 35.5. The number of nitrogens with zero attached hydrogens (tertiary/aromatic N) is 2. The van der Waals surface area contributed by atoms with Gasteiger partial charge in [-0.25, -0.2) is 9.97 Å². The number of halogens is 2. The van der Waals surface area contributed by atoms with E-state index < -0.39 is 0 Å². The first-order valence-electron chi connectivity index (χ1n) is 4.90. The van der Waals surface area contributed by atoms with Crippen LogP contribution in [0.3, 0.4) is 0 Å². The average Bonchev–Trinajstić information content (AvgIpc) is 2.28.